The molecule has 0 N–H and O–H groups in total. The molecule has 0 bridgehead atoms. The summed E-state index contributed by atoms with van der Waals surface area (Å²) in [5.41, 5.74) is 0. The van der Waals surface area contributed by atoms with Crippen molar-refractivity contribution in [3.63, 3.8) is 0 Å². The third kappa shape index (κ3) is 1.11. The molecular formula is C8H10NO3S2+. The fourth-order valence-corrected chi connectivity index (χ4v) is 3.40. The fourth-order valence-electron chi connectivity index (χ4n) is 1.92. The van der Waals surface area contributed by atoms with Crippen LogP contribution in [0, 0.1) is 0 Å². The molecule has 6 heteroatoms. The standard InChI is InChI=1S/C8H9NO3S2/c10-6-1-2-7(11)9(6)5(3-4-13)8(12)14-9/h5H,1-4H2/p+1/t5-/m0/s1. The third-order valence-corrected chi connectivity index (χ3v) is 4.30. The van der Waals surface area contributed by atoms with Crippen molar-refractivity contribution in [1.29, 1.82) is 0 Å². The Hall–Kier alpha value is -0.330. The zero-order chi connectivity index (χ0) is 10.3. The highest BCUT2D eigenvalue weighted by molar-refractivity contribution is 8.11. The number of hydrogen-bond acceptors (Lipinski definition) is 5. The van der Waals surface area contributed by atoms with Crippen molar-refractivity contribution in [3.05, 3.63) is 0 Å². The lowest BCUT2D eigenvalue weighted by atomic mass is 10.2. The number of quaternary nitrogens is 1. The Labute approximate surface area is 91.2 Å². The Kier molecular flexibility index (Phi) is 2.45. The molecule has 2 aliphatic rings. The van der Waals surface area contributed by atoms with Gasteiger partial charge in [-0.05, 0) is 5.75 Å². The molecule has 0 unspecified atom stereocenters. The van der Waals surface area contributed by atoms with Crippen LogP contribution in [-0.2, 0) is 14.4 Å². The molecule has 76 valence electrons. The molecule has 0 aliphatic carbocycles. The maximum absolute atomic E-state index is 11.6. The van der Waals surface area contributed by atoms with Gasteiger partial charge in [-0.15, -0.1) is 3.89 Å². The van der Waals surface area contributed by atoms with Gasteiger partial charge in [-0.25, -0.2) is 9.59 Å². The van der Waals surface area contributed by atoms with Crippen LogP contribution in [0.2, 0.25) is 0 Å². The second-order valence-corrected chi connectivity index (χ2v) is 4.99. The number of rotatable bonds is 2. The van der Waals surface area contributed by atoms with Crippen molar-refractivity contribution in [1.82, 2.24) is 0 Å². The number of hydrogen-bond donors (Lipinski definition) is 1. The van der Waals surface area contributed by atoms with E-state index < -0.39 is 6.04 Å². The first-order valence-electron chi connectivity index (χ1n) is 4.42. The van der Waals surface area contributed by atoms with Gasteiger partial charge in [0.2, 0.25) is 0 Å². The molecule has 0 aromatic carbocycles. The summed E-state index contributed by atoms with van der Waals surface area (Å²) in [4.78, 5) is 34.4. The Morgan fingerprint density at radius 1 is 1.29 bits per heavy atom. The van der Waals surface area contributed by atoms with Crippen LogP contribution in [0.5, 0.6) is 0 Å². The van der Waals surface area contributed by atoms with Gasteiger partial charge in [0.15, 0.2) is 18.0 Å². The Morgan fingerprint density at radius 3 is 2.29 bits per heavy atom. The van der Waals surface area contributed by atoms with Crippen molar-refractivity contribution >= 4 is 41.5 Å². The van der Waals surface area contributed by atoms with Gasteiger partial charge in [-0.2, -0.15) is 12.6 Å². The zero-order valence-corrected chi connectivity index (χ0v) is 9.14. The molecule has 4 nitrogen and oxygen atoms in total. The molecule has 0 radical (unpaired) electrons. The van der Waals surface area contributed by atoms with Gasteiger partial charge in [-0.1, -0.05) is 0 Å². The molecule has 2 amide bonds. The van der Waals surface area contributed by atoms with Gasteiger partial charge in [0.25, 0.3) is 0 Å². The molecule has 2 fully saturated rings. The predicted octanol–water partition coefficient (Wildman–Crippen LogP) is 0.527. The van der Waals surface area contributed by atoms with Gasteiger partial charge in [-0.3, -0.25) is 4.79 Å². The Morgan fingerprint density at radius 2 is 1.86 bits per heavy atom. The fraction of sp³-hybridized carbons (Fsp3) is 0.625. The van der Waals surface area contributed by atoms with Gasteiger partial charge in [0, 0.05) is 6.42 Å². The Bertz CT molecular complexity index is 313. The van der Waals surface area contributed by atoms with Crippen LogP contribution >= 0.6 is 24.6 Å². The van der Waals surface area contributed by atoms with Crippen LogP contribution < -0.4 is 0 Å². The molecule has 0 aromatic heterocycles. The van der Waals surface area contributed by atoms with Crippen LogP contribution in [0.1, 0.15) is 19.3 Å². The lowest BCUT2D eigenvalue weighted by Crippen LogP contribution is -2.65. The molecule has 0 aromatic rings. The first-order valence-corrected chi connectivity index (χ1v) is 5.83. The predicted molar refractivity (Wildman–Crippen MR) is 54.4 cm³/mol. The average Bonchev–Trinajstić information content (AvgIpc) is 2.44. The summed E-state index contributed by atoms with van der Waals surface area (Å²) in [6.45, 7) is 0. The van der Waals surface area contributed by atoms with Gasteiger partial charge in [0.1, 0.15) is 0 Å². The minimum atomic E-state index is -0.458. The van der Waals surface area contributed by atoms with E-state index in [1.807, 2.05) is 0 Å². The third-order valence-electron chi connectivity index (χ3n) is 2.64. The summed E-state index contributed by atoms with van der Waals surface area (Å²) in [6.07, 6.45) is 1.07. The van der Waals surface area contributed by atoms with Crippen LogP contribution in [0.25, 0.3) is 0 Å². The SMILES string of the molecule is O=C1S[N+]2(C(=O)CCC2=O)[C@H]1CCS. The highest BCUT2D eigenvalue weighted by Crippen LogP contribution is 2.47. The van der Waals surface area contributed by atoms with E-state index in [9.17, 15) is 14.4 Å². The summed E-state index contributed by atoms with van der Waals surface area (Å²) in [6, 6.07) is -0.458. The van der Waals surface area contributed by atoms with E-state index in [2.05, 4.69) is 12.6 Å². The monoisotopic (exact) mass is 232 g/mol. The first kappa shape index (κ1) is 10.2. The number of thiol groups is 1. The molecule has 2 aliphatic heterocycles. The van der Waals surface area contributed by atoms with Crippen LogP contribution in [-0.4, -0.2) is 32.6 Å². The molecule has 1 spiro atoms. The van der Waals surface area contributed by atoms with Gasteiger partial charge < -0.3 is 0 Å². The normalized spacial score (nSPS) is 29.8. The van der Waals surface area contributed by atoms with E-state index in [4.69, 9.17) is 0 Å². The maximum Gasteiger partial charge on any atom is 0.334 e. The number of carbonyl (C=O) groups is 3. The van der Waals surface area contributed by atoms with E-state index in [0.717, 1.165) is 11.9 Å². The molecule has 2 heterocycles. The molecule has 0 saturated carbocycles. The largest absolute Gasteiger partial charge is 0.334 e. The lowest BCUT2D eigenvalue weighted by Gasteiger charge is -2.39. The number of carbonyl (C=O) groups excluding carboxylic acids is 3. The maximum atomic E-state index is 11.6. The zero-order valence-electron chi connectivity index (χ0n) is 7.43. The van der Waals surface area contributed by atoms with Gasteiger partial charge in [0.05, 0.1) is 12.8 Å². The smallest absolute Gasteiger partial charge is 0.274 e. The molecule has 2 rings (SSSR count). The van der Waals surface area contributed by atoms with Crippen LogP contribution in [0.15, 0.2) is 0 Å². The highest BCUT2D eigenvalue weighted by Gasteiger charge is 2.68. The van der Waals surface area contributed by atoms with Crippen LogP contribution in [0.3, 0.4) is 0 Å². The first-order chi connectivity index (χ1) is 6.63. The molecular weight excluding hydrogens is 222 g/mol. The average molecular weight is 232 g/mol. The summed E-state index contributed by atoms with van der Waals surface area (Å²) >= 11 is 4.90. The van der Waals surface area contributed by atoms with Gasteiger partial charge >= 0.3 is 16.9 Å². The van der Waals surface area contributed by atoms with Crippen LogP contribution in [0.4, 0.5) is 0 Å². The van der Waals surface area contributed by atoms with E-state index >= 15 is 0 Å². The summed E-state index contributed by atoms with van der Waals surface area (Å²) in [5, 5.41) is -0.0531. The second kappa shape index (κ2) is 3.36. The van der Waals surface area contributed by atoms with E-state index in [1.165, 1.54) is 0 Å². The van der Waals surface area contributed by atoms with Crippen molar-refractivity contribution in [2.75, 3.05) is 5.75 Å². The number of imide groups is 1. The quantitative estimate of drug-likeness (QED) is 0.326. The highest BCUT2D eigenvalue weighted by atomic mass is 32.2. The minimum absolute atomic E-state index is 0.0531. The molecule has 2 saturated heterocycles. The summed E-state index contributed by atoms with van der Waals surface area (Å²) in [7, 11) is 0. The summed E-state index contributed by atoms with van der Waals surface area (Å²) < 4.78 is -0.278. The lowest BCUT2D eigenvalue weighted by molar-refractivity contribution is -0.661. The second-order valence-electron chi connectivity index (χ2n) is 3.38. The van der Waals surface area contributed by atoms with E-state index in [0.29, 0.717) is 12.2 Å². The van der Waals surface area contributed by atoms with E-state index in [-0.39, 0.29) is 33.7 Å². The molecule has 1 atom stereocenters. The topological polar surface area (TPSA) is 51.2 Å². The van der Waals surface area contributed by atoms with Crippen molar-refractivity contribution in [2.24, 2.45) is 0 Å². The Balaban J connectivity index is 2.28. The van der Waals surface area contributed by atoms with Crippen molar-refractivity contribution in [3.8, 4) is 0 Å². The number of amides is 2. The van der Waals surface area contributed by atoms with Crippen molar-refractivity contribution < 1.29 is 18.3 Å². The van der Waals surface area contributed by atoms with E-state index in [1.54, 1.807) is 0 Å². The molecule has 14 heavy (non-hydrogen) atoms. The summed E-state index contributed by atoms with van der Waals surface area (Å²) in [5.74, 6) is 0.287. The van der Waals surface area contributed by atoms with Crippen molar-refractivity contribution in [2.45, 2.75) is 25.3 Å². The number of nitrogens with zero attached hydrogens (tertiary/aromatic N) is 1. The minimum Gasteiger partial charge on any atom is -0.274 e.